The summed E-state index contributed by atoms with van der Waals surface area (Å²) in [5, 5.41) is 9.03. The lowest BCUT2D eigenvalue weighted by Gasteiger charge is -2.25. The number of hydrogen-bond acceptors (Lipinski definition) is 6. The number of cyclic esters (lactones) is 1. The molecule has 1 aromatic carbocycles. The SMILES string of the molecule is NCCN(CCN)c1ccc(N2C[C@H](CO)OC2=O)cc1F. The number of carbonyl (C=O) groups is 1. The highest BCUT2D eigenvalue weighted by atomic mass is 19.1. The topological polar surface area (TPSA) is 105 Å². The molecule has 0 bridgehead atoms. The number of hydrogen-bond donors (Lipinski definition) is 3. The van der Waals surface area contributed by atoms with Crippen LogP contribution in [0.1, 0.15) is 0 Å². The predicted octanol–water partition coefficient (Wildman–Crippen LogP) is -0.133. The van der Waals surface area contributed by atoms with Crippen molar-refractivity contribution in [3.05, 3.63) is 24.0 Å². The van der Waals surface area contributed by atoms with E-state index in [2.05, 4.69) is 0 Å². The predicted molar refractivity (Wildman–Crippen MR) is 81.4 cm³/mol. The second-order valence-electron chi connectivity index (χ2n) is 5.00. The quantitative estimate of drug-likeness (QED) is 0.647. The van der Waals surface area contributed by atoms with Crippen molar-refractivity contribution in [3.63, 3.8) is 0 Å². The number of amides is 1. The minimum Gasteiger partial charge on any atom is -0.441 e. The summed E-state index contributed by atoms with van der Waals surface area (Å²) in [5.74, 6) is -0.459. The van der Waals surface area contributed by atoms with E-state index in [1.807, 2.05) is 0 Å². The Kier molecular flexibility index (Phi) is 5.53. The van der Waals surface area contributed by atoms with Gasteiger partial charge in [0.15, 0.2) is 0 Å². The van der Waals surface area contributed by atoms with Crippen LogP contribution in [0, 0.1) is 5.82 Å². The molecule has 0 aromatic heterocycles. The van der Waals surface area contributed by atoms with E-state index in [1.54, 1.807) is 17.0 Å². The third-order valence-corrected chi connectivity index (χ3v) is 3.46. The molecule has 8 heteroatoms. The van der Waals surface area contributed by atoms with E-state index < -0.39 is 18.0 Å². The van der Waals surface area contributed by atoms with Gasteiger partial charge < -0.3 is 26.2 Å². The van der Waals surface area contributed by atoms with Gasteiger partial charge in [-0.05, 0) is 18.2 Å². The summed E-state index contributed by atoms with van der Waals surface area (Å²) in [6, 6.07) is 4.51. The molecule has 1 fully saturated rings. The van der Waals surface area contributed by atoms with Crippen LogP contribution in [-0.4, -0.2) is 56.6 Å². The fraction of sp³-hybridized carbons (Fsp3) is 0.500. The first kappa shape index (κ1) is 16.5. The van der Waals surface area contributed by atoms with Crippen molar-refractivity contribution in [1.82, 2.24) is 0 Å². The average molecular weight is 312 g/mol. The first-order valence-electron chi connectivity index (χ1n) is 7.14. The van der Waals surface area contributed by atoms with Crippen molar-refractivity contribution < 1.29 is 19.0 Å². The van der Waals surface area contributed by atoms with Gasteiger partial charge in [-0.3, -0.25) is 4.90 Å². The molecule has 1 atom stereocenters. The van der Waals surface area contributed by atoms with Crippen molar-refractivity contribution in [1.29, 1.82) is 0 Å². The highest BCUT2D eigenvalue weighted by molar-refractivity contribution is 5.90. The molecule has 5 N–H and O–H groups in total. The number of rotatable bonds is 7. The van der Waals surface area contributed by atoms with E-state index in [-0.39, 0.29) is 13.2 Å². The maximum absolute atomic E-state index is 14.4. The number of aliphatic hydroxyl groups is 1. The summed E-state index contributed by atoms with van der Waals surface area (Å²) in [6.45, 7) is 1.69. The van der Waals surface area contributed by atoms with Crippen LogP contribution in [0.4, 0.5) is 20.6 Å². The Hall–Kier alpha value is -1.90. The Labute approximate surface area is 128 Å². The molecule has 1 aliphatic heterocycles. The first-order valence-corrected chi connectivity index (χ1v) is 7.14. The van der Waals surface area contributed by atoms with Gasteiger partial charge in [-0.25, -0.2) is 9.18 Å². The Morgan fingerprint density at radius 2 is 2.05 bits per heavy atom. The van der Waals surface area contributed by atoms with Crippen molar-refractivity contribution in [3.8, 4) is 0 Å². The highest BCUT2D eigenvalue weighted by Crippen LogP contribution is 2.27. The van der Waals surface area contributed by atoms with E-state index in [1.165, 1.54) is 11.0 Å². The standard InChI is InChI=1S/C14H21FN4O3/c15-12-7-10(19-8-11(9-20)22-14(19)21)1-2-13(12)18(5-3-16)6-4-17/h1-2,7,11,20H,3-6,8-9,16-17H2/t11-/m1/s1. The summed E-state index contributed by atoms with van der Waals surface area (Å²) in [7, 11) is 0. The molecule has 1 aromatic rings. The minimum absolute atomic E-state index is 0.198. The molecule has 1 aliphatic rings. The van der Waals surface area contributed by atoms with Crippen LogP contribution in [0.3, 0.4) is 0 Å². The summed E-state index contributed by atoms with van der Waals surface area (Å²) in [5.41, 5.74) is 11.8. The van der Waals surface area contributed by atoms with Gasteiger partial charge in [0.05, 0.1) is 24.5 Å². The van der Waals surface area contributed by atoms with Gasteiger partial charge in [0.2, 0.25) is 0 Å². The zero-order valence-corrected chi connectivity index (χ0v) is 12.2. The molecular formula is C14H21FN4O3. The number of nitrogens with two attached hydrogens (primary N) is 2. The summed E-state index contributed by atoms with van der Waals surface area (Å²) in [6.07, 6.45) is -1.17. The maximum Gasteiger partial charge on any atom is 0.414 e. The number of carbonyl (C=O) groups excluding carboxylic acids is 1. The van der Waals surface area contributed by atoms with Gasteiger partial charge in [-0.1, -0.05) is 0 Å². The summed E-state index contributed by atoms with van der Waals surface area (Å²) >= 11 is 0. The van der Waals surface area contributed by atoms with E-state index in [4.69, 9.17) is 21.3 Å². The van der Waals surface area contributed by atoms with Gasteiger partial charge in [0.1, 0.15) is 11.9 Å². The number of ether oxygens (including phenoxy) is 1. The zero-order chi connectivity index (χ0) is 16.1. The number of benzene rings is 1. The van der Waals surface area contributed by atoms with Crippen molar-refractivity contribution in [2.24, 2.45) is 11.5 Å². The lowest BCUT2D eigenvalue weighted by atomic mass is 10.2. The van der Waals surface area contributed by atoms with Gasteiger partial charge in [-0.2, -0.15) is 0 Å². The molecule has 122 valence electrons. The van der Waals surface area contributed by atoms with Crippen LogP contribution in [0.25, 0.3) is 0 Å². The van der Waals surface area contributed by atoms with E-state index in [0.717, 1.165) is 0 Å². The number of anilines is 2. The van der Waals surface area contributed by atoms with Crippen molar-refractivity contribution in [2.75, 3.05) is 49.1 Å². The smallest absolute Gasteiger partial charge is 0.414 e. The lowest BCUT2D eigenvalue weighted by Crippen LogP contribution is -2.34. The minimum atomic E-state index is -0.591. The third-order valence-electron chi connectivity index (χ3n) is 3.46. The van der Waals surface area contributed by atoms with Crippen LogP contribution in [0.15, 0.2) is 18.2 Å². The molecule has 0 aliphatic carbocycles. The normalized spacial score (nSPS) is 17.7. The first-order chi connectivity index (χ1) is 10.6. The number of halogens is 1. The third kappa shape index (κ3) is 3.46. The highest BCUT2D eigenvalue weighted by Gasteiger charge is 2.32. The molecule has 1 saturated heterocycles. The summed E-state index contributed by atoms with van der Waals surface area (Å²) < 4.78 is 19.3. The number of nitrogens with zero attached hydrogens (tertiary/aromatic N) is 2. The average Bonchev–Trinajstić information content (AvgIpc) is 2.88. The number of aliphatic hydroxyl groups excluding tert-OH is 1. The lowest BCUT2D eigenvalue weighted by molar-refractivity contribution is 0.0963. The van der Waals surface area contributed by atoms with Crippen LogP contribution >= 0.6 is 0 Å². The Balaban J connectivity index is 2.20. The van der Waals surface area contributed by atoms with Crippen LogP contribution in [-0.2, 0) is 4.74 Å². The van der Waals surface area contributed by atoms with Crippen molar-refractivity contribution in [2.45, 2.75) is 6.10 Å². The molecular weight excluding hydrogens is 291 g/mol. The Bertz CT molecular complexity index is 523. The van der Waals surface area contributed by atoms with Gasteiger partial charge in [-0.15, -0.1) is 0 Å². The van der Waals surface area contributed by atoms with Gasteiger partial charge >= 0.3 is 6.09 Å². The fourth-order valence-electron chi connectivity index (χ4n) is 2.41. The van der Waals surface area contributed by atoms with Crippen LogP contribution < -0.4 is 21.3 Å². The van der Waals surface area contributed by atoms with E-state index in [9.17, 15) is 9.18 Å². The second kappa shape index (κ2) is 7.39. The molecule has 22 heavy (non-hydrogen) atoms. The van der Waals surface area contributed by atoms with E-state index in [0.29, 0.717) is 37.6 Å². The largest absolute Gasteiger partial charge is 0.441 e. The monoisotopic (exact) mass is 312 g/mol. The Morgan fingerprint density at radius 1 is 1.36 bits per heavy atom. The van der Waals surface area contributed by atoms with Gasteiger partial charge in [0, 0.05) is 26.2 Å². The van der Waals surface area contributed by atoms with Crippen LogP contribution in [0.2, 0.25) is 0 Å². The van der Waals surface area contributed by atoms with Gasteiger partial charge in [0.25, 0.3) is 0 Å². The molecule has 0 unspecified atom stereocenters. The fourth-order valence-corrected chi connectivity index (χ4v) is 2.41. The zero-order valence-electron chi connectivity index (χ0n) is 12.2. The molecule has 0 radical (unpaired) electrons. The molecule has 7 nitrogen and oxygen atoms in total. The second-order valence-corrected chi connectivity index (χ2v) is 5.00. The van der Waals surface area contributed by atoms with Crippen LogP contribution in [0.5, 0.6) is 0 Å². The molecule has 1 amide bonds. The molecule has 1 heterocycles. The molecule has 2 rings (SSSR count). The Morgan fingerprint density at radius 3 is 2.55 bits per heavy atom. The maximum atomic E-state index is 14.4. The van der Waals surface area contributed by atoms with Crippen molar-refractivity contribution >= 4 is 17.5 Å². The summed E-state index contributed by atoms with van der Waals surface area (Å²) in [4.78, 5) is 14.8. The molecule has 0 saturated carbocycles. The molecule has 0 spiro atoms. The van der Waals surface area contributed by atoms with E-state index >= 15 is 0 Å².